The molecular formula is C19H28N2O2S. The molecular weight excluding hydrogens is 320 g/mol. The molecule has 0 aliphatic carbocycles. The first kappa shape index (κ1) is 18.8. The fraction of sp³-hybridized carbons (Fsp3) is 0.579. The predicted octanol–water partition coefficient (Wildman–Crippen LogP) is 3.16. The Kier molecular flexibility index (Phi) is 6.33. The number of rotatable bonds is 3. The second kappa shape index (κ2) is 8.06. The van der Waals surface area contributed by atoms with Crippen molar-refractivity contribution in [3.05, 3.63) is 29.8 Å². The number of hydrogen-bond acceptors (Lipinski definition) is 3. The summed E-state index contributed by atoms with van der Waals surface area (Å²) in [6.07, 6.45) is 0.857. The van der Waals surface area contributed by atoms with E-state index in [1.54, 1.807) is 18.7 Å². The van der Waals surface area contributed by atoms with E-state index in [9.17, 15) is 9.59 Å². The van der Waals surface area contributed by atoms with Gasteiger partial charge in [-0.2, -0.15) is 0 Å². The fourth-order valence-corrected chi connectivity index (χ4v) is 3.57. The highest BCUT2D eigenvalue weighted by molar-refractivity contribution is 8.00. The molecule has 1 aromatic carbocycles. The third kappa shape index (κ3) is 5.26. The zero-order chi connectivity index (χ0) is 17.7. The Balaban J connectivity index is 1.85. The molecule has 1 aromatic rings. The highest BCUT2D eigenvalue weighted by Crippen LogP contribution is 2.25. The number of thioether (sulfide) groups is 1. The molecule has 1 aliphatic heterocycles. The Hall–Kier alpha value is -1.49. The second-order valence-corrected chi connectivity index (χ2v) is 8.35. The van der Waals surface area contributed by atoms with Crippen molar-refractivity contribution in [2.24, 2.45) is 0 Å². The molecule has 0 radical (unpaired) electrons. The number of hydrogen-bond donors (Lipinski definition) is 0. The quantitative estimate of drug-likeness (QED) is 0.788. The van der Waals surface area contributed by atoms with E-state index in [0.29, 0.717) is 18.8 Å². The largest absolute Gasteiger partial charge is 0.341 e. The molecule has 2 rings (SSSR count). The summed E-state index contributed by atoms with van der Waals surface area (Å²) in [4.78, 5) is 28.7. The van der Waals surface area contributed by atoms with Crippen molar-refractivity contribution in [2.75, 3.05) is 31.9 Å². The number of carbonyl (C=O) groups excluding carboxylic acids is 2. The van der Waals surface area contributed by atoms with Crippen LogP contribution in [0.3, 0.4) is 0 Å². The Morgan fingerprint density at radius 1 is 1.00 bits per heavy atom. The van der Waals surface area contributed by atoms with E-state index >= 15 is 0 Å². The van der Waals surface area contributed by atoms with Crippen molar-refractivity contribution in [1.29, 1.82) is 0 Å². The van der Waals surface area contributed by atoms with Gasteiger partial charge in [-0.05, 0) is 29.5 Å². The van der Waals surface area contributed by atoms with Crippen molar-refractivity contribution in [3.8, 4) is 0 Å². The van der Waals surface area contributed by atoms with Gasteiger partial charge >= 0.3 is 0 Å². The zero-order valence-electron chi connectivity index (χ0n) is 15.2. The van der Waals surface area contributed by atoms with E-state index < -0.39 is 0 Å². The molecule has 0 N–H and O–H groups in total. The minimum atomic E-state index is 0.0950. The van der Waals surface area contributed by atoms with Gasteiger partial charge in [0.15, 0.2) is 0 Å². The Morgan fingerprint density at radius 3 is 2.17 bits per heavy atom. The first-order valence-electron chi connectivity index (χ1n) is 8.54. The SMILES string of the molecule is CC(=O)N1CCCN(C(=O)CSc2ccc(C(C)(C)C)cc2)CC1. The average Bonchev–Trinajstić information content (AvgIpc) is 2.78. The number of nitrogens with zero attached hydrogens (tertiary/aromatic N) is 2. The number of benzene rings is 1. The van der Waals surface area contributed by atoms with Gasteiger partial charge in [-0.15, -0.1) is 11.8 Å². The molecule has 1 aliphatic rings. The molecule has 1 heterocycles. The molecule has 1 fully saturated rings. The van der Waals surface area contributed by atoms with E-state index in [1.807, 2.05) is 9.80 Å². The van der Waals surface area contributed by atoms with Crippen molar-refractivity contribution >= 4 is 23.6 Å². The maximum atomic E-state index is 12.4. The predicted molar refractivity (Wildman–Crippen MR) is 99.3 cm³/mol. The van der Waals surface area contributed by atoms with Crippen molar-refractivity contribution in [2.45, 2.75) is 44.4 Å². The van der Waals surface area contributed by atoms with E-state index in [2.05, 4.69) is 45.0 Å². The molecule has 5 heteroatoms. The molecule has 4 nitrogen and oxygen atoms in total. The number of carbonyl (C=O) groups is 2. The molecule has 0 aromatic heterocycles. The average molecular weight is 349 g/mol. The van der Waals surface area contributed by atoms with Crippen LogP contribution in [0, 0.1) is 0 Å². The Bertz CT molecular complexity index is 578. The van der Waals surface area contributed by atoms with Gasteiger partial charge in [0.1, 0.15) is 0 Å². The summed E-state index contributed by atoms with van der Waals surface area (Å²) < 4.78 is 0. The van der Waals surface area contributed by atoms with Gasteiger partial charge in [0.2, 0.25) is 11.8 Å². The molecule has 0 spiro atoms. The van der Waals surface area contributed by atoms with Crippen molar-refractivity contribution in [1.82, 2.24) is 9.80 Å². The summed E-state index contributed by atoms with van der Waals surface area (Å²) >= 11 is 1.58. The van der Waals surface area contributed by atoms with Crippen LogP contribution in [0.5, 0.6) is 0 Å². The highest BCUT2D eigenvalue weighted by atomic mass is 32.2. The summed E-state index contributed by atoms with van der Waals surface area (Å²) in [5.74, 6) is 0.706. The molecule has 1 saturated heterocycles. The fourth-order valence-electron chi connectivity index (χ4n) is 2.77. The first-order chi connectivity index (χ1) is 11.3. The topological polar surface area (TPSA) is 40.6 Å². The molecule has 0 atom stereocenters. The van der Waals surface area contributed by atoms with Crippen LogP contribution in [0.4, 0.5) is 0 Å². The van der Waals surface area contributed by atoms with Crippen LogP contribution in [0.15, 0.2) is 29.2 Å². The van der Waals surface area contributed by atoms with Crippen LogP contribution in [0.1, 0.15) is 39.7 Å². The van der Waals surface area contributed by atoms with Crippen molar-refractivity contribution in [3.63, 3.8) is 0 Å². The van der Waals surface area contributed by atoms with Gasteiger partial charge < -0.3 is 9.80 Å². The maximum absolute atomic E-state index is 12.4. The Morgan fingerprint density at radius 2 is 1.58 bits per heavy atom. The molecule has 0 unspecified atom stereocenters. The number of amides is 2. The molecule has 0 saturated carbocycles. The van der Waals surface area contributed by atoms with Crippen LogP contribution in [0.2, 0.25) is 0 Å². The lowest BCUT2D eigenvalue weighted by molar-refractivity contribution is -0.130. The lowest BCUT2D eigenvalue weighted by atomic mass is 9.87. The highest BCUT2D eigenvalue weighted by Gasteiger charge is 2.20. The van der Waals surface area contributed by atoms with Gasteiger partial charge in [-0.1, -0.05) is 32.9 Å². The summed E-state index contributed by atoms with van der Waals surface area (Å²) in [5, 5.41) is 0. The van der Waals surface area contributed by atoms with E-state index in [-0.39, 0.29) is 17.2 Å². The third-order valence-corrected chi connectivity index (χ3v) is 5.37. The molecule has 24 heavy (non-hydrogen) atoms. The van der Waals surface area contributed by atoms with E-state index in [0.717, 1.165) is 24.4 Å². The van der Waals surface area contributed by atoms with Gasteiger partial charge in [0.25, 0.3) is 0 Å². The normalized spacial score (nSPS) is 16.0. The third-order valence-electron chi connectivity index (χ3n) is 4.38. The van der Waals surface area contributed by atoms with Crippen LogP contribution < -0.4 is 0 Å². The van der Waals surface area contributed by atoms with Gasteiger partial charge in [0.05, 0.1) is 5.75 Å². The van der Waals surface area contributed by atoms with Gasteiger partial charge in [-0.3, -0.25) is 9.59 Å². The second-order valence-electron chi connectivity index (χ2n) is 7.30. The smallest absolute Gasteiger partial charge is 0.232 e. The summed E-state index contributed by atoms with van der Waals surface area (Å²) in [6, 6.07) is 8.48. The van der Waals surface area contributed by atoms with Crippen LogP contribution in [-0.2, 0) is 15.0 Å². The summed E-state index contributed by atoms with van der Waals surface area (Å²) in [6.45, 7) is 11.0. The summed E-state index contributed by atoms with van der Waals surface area (Å²) in [5.41, 5.74) is 1.45. The minimum absolute atomic E-state index is 0.0950. The molecule has 0 bridgehead atoms. The van der Waals surface area contributed by atoms with Crippen LogP contribution >= 0.6 is 11.8 Å². The van der Waals surface area contributed by atoms with Crippen LogP contribution in [-0.4, -0.2) is 53.5 Å². The van der Waals surface area contributed by atoms with E-state index in [4.69, 9.17) is 0 Å². The van der Waals surface area contributed by atoms with Crippen LogP contribution in [0.25, 0.3) is 0 Å². The van der Waals surface area contributed by atoms with Crippen molar-refractivity contribution < 1.29 is 9.59 Å². The van der Waals surface area contributed by atoms with E-state index in [1.165, 1.54) is 5.56 Å². The zero-order valence-corrected chi connectivity index (χ0v) is 16.0. The monoisotopic (exact) mass is 348 g/mol. The molecule has 132 valence electrons. The maximum Gasteiger partial charge on any atom is 0.232 e. The molecule has 2 amide bonds. The first-order valence-corrected chi connectivity index (χ1v) is 9.52. The van der Waals surface area contributed by atoms with Gasteiger partial charge in [0, 0.05) is 38.0 Å². The lowest BCUT2D eigenvalue weighted by Gasteiger charge is -2.21. The standard InChI is InChI=1S/C19H28N2O2S/c1-15(22)20-10-5-11-21(13-12-20)18(23)14-24-17-8-6-16(7-9-17)19(2,3)4/h6-9H,5,10-14H2,1-4H3. The van der Waals surface area contributed by atoms with Gasteiger partial charge in [-0.25, -0.2) is 0 Å². The Labute approximate surface area is 149 Å². The summed E-state index contributed by atoms with van der Waals surface area (Å²) in [7, 11) is 0. The minimum Gasteiger partial charge on any atom is -0.341 e. The lowest BCUT2D eigenvalue weighted by Crippen LogP contribution is -2.37.